The summed E-state index contributed by atoms with van der Waals surface area (Å²) in [5.74, 6) is 0.420. The van der Waals surface area contributed by atoms with Crippen LogP contribution < -0.4 is 5.32 Å². The maximum absolute atomic E-state index is 13.5. The van der Waals surface area contributed by atoms with Gasteiger partial charge in [-0.3, -0.25) is 19.3 Å². The van der Waals surface area contributed by atoms with Crippen LogP contribution in [0.2, 0.25) is 0 Å². The number of aliphatic hydroxyl groups is 1. The van der Waals surface area contributed by atoms with Crippen molar-refractivity contribution in [3.63, 3.8) is 0 Å². The molecule has 4 rings (SSSR count). The number of ketones is 1. The second-order valence-corrected chi connectivity index (χ2v) is 15.1. The molecule has 3 saturated carbocycles. The molecule has 8 nitrogen and oxygen atoms in total. The van der Waals surface area contributed by atoms with Gasteiger partial charge in [0.2, 0.25) is 5.91 Å². The second kappa shape index (κ2) is 13.1. The lowest BCUT2D eigenvalue weighted by Crippen LogP contribution is -2.63. The molecule has 10 heteroatoms. The van der Waals surface area contributed by atoms with Crippen molar-refractivity contribution in [1.29, 1.82) is 0 Å². The van der Waals surface area contributed by atoms with Crippen LogP contribution in [0.5, 0.6) is 0 Å². The first-order valence-electron chi connectivity index (χ1n) is 15.4. The second-order valence-electron chi connectivity index (χ2n) is 13.2. The number of carbonyl (C=O) groups is 3. The van der Waals surface area contributed by atoms with Crippen molar-refractivity contribution < 1.29 is 24.2 Å². The lowest BCUT2D eigenvalue weighted by molar-refractivity contribution is -0.205. The molecule has 3 fully saturated rings. The molecule has 0 radical (unpaired) electrons. The lowest BCUT2D eigenvalue weighted by atomic mass is 9.44. The van der Waals surface area contributed by atoms with E-state index < -0.39 is 23.0 Å². The number of ether oxygens (including phenoxy) is 1. The average Bonchev–Trinajstić information content (AvgIpc) is 3.56. The van der Waals surface area contributed by atoms with Crippen LogP contribution >= 0.6 is 23.1 Å². The monoisotopic (exact) mass is 619 g/mol. The Labute approximate surface area is 259 Å². The number of aliphatic hydroxyl groups excluding tert-OH is 1. The van der Waals surface area contributed by atoms with Gasteiger partial charge in [0.15, 0.2) is 5.13 Å². The van der Waals surface area contributed by atoms with Crippen molar-refractivity contribution in [2.24, 2.45) is 34.0 Å². The molecule has 0 unspecified atom stereocenters. The molecule has 2 bridgehead atoms. The third kappa shape index (κ3) is 6.10. The molecule has 8 atom stereocenters. The summed E-state index contributed by atoms with van der Waals surface area (Å²) >= 11 is 2.80. The Bertz CT molecular complexity index is 1170. The molecule has 0 saturated heterocycles. The zero-order chi connectivity index (χ0) is 30.9. The minimum atomic E-state index is -0.677. The van der Waals surface area contributed by atoms with E-state index in [2.05, 4.69) is 37.7 Å². The highest BCUT2D eigenvalue weighted by Crippen LogP contribution is 2.68. The number of nitrogens with zero attached hydrogens (tertiary/aromatic N) is 2. The predicted molar refractivity (Wildman–Crippen MR) is 169 cm³/mol. The van der Waals surface area contributed by atoms with Gasteiger partial charge >= 0.3 is 5.97 Å². The van der Waals surface area contributed by atoms with Gasteiger partial charge in [0, 0.05) is 34.3 Å². The molecule has 42 heavy (non-hydrogen) atoms. The smallest absolute Gasteiger partial charge is 0.316 e. The van der Waals surface area contributed by atoms with Crippen LogP contribution in [-0.2, 0) is 24.9 Å². The molecular weight excluding hydrogens is 571 g/mol. The van der Waals surface area contributed by atoms with Gasteiger partial charge in [-0.1, -0.05) is 47.6 Å². The molecule has 234 valence electrons. The minimum Gasteiger partial charge on any atom is -0.461 e. The average molecular weight is 620 g/mol. The highest BCUT2D eigenvalue weighted by atomic mass is 32.2. The van der Waals surface area contributed by atoms with Gasteiger partial charge in [0.1, 0.15) is 11.9 Å². The fourth-order valence-corrected chi connectivity index (χ4v) is 9.70. The Morgan fingerprint density at radius 3 is 2.67 bits per heavy atom. The van der Waals surface area contributed by atoms with E-state index in [1.165, 1.54) is 23.1 Å². The van der Waals surface area contributed by atoms with Crippen molar-refractivity contribution in [1.82, 2.24) is 9.88 Å². The molecule has 1 heterocycles. The molecule has 2 N–H and O–H groups in total. The van der Waals surface area contributed by atoms with E-state index in [1.807, 2.05) is 37.1 Å². The summed E-state index contributed by atoms with van der Waals surface area (Å²) in [6.45, 7) is 18.5. The molecule has 3 aliphatic carbocycles. The number of hydrogen-bond donors (Lipinski definition) is 2. The molecule has 0 aliphatic heterocycles. The van der Waals surface area contributed by atoms with E-state index in [9.17, 15) is 19.5 Å². The van der Waals surface area contributed by atoms with Gasteiger partial charge in [-0.05, 0) is 56.0 Å². The van der Waals surface area contributed by atoms with E-state index in [0.29, 0.717) is 30.3 Å². The number of Topliss-reactive ketones (excluding diaryl/α,β-unsaturated/α-hetero) is 1. The number of anilines is 1. The number of aromatic nitrogens is 1. The van der Waals surface area contributed by atoms with E-state index in [4.69, 9.17) is 4.74 Å². The first kappa shape index (κ1) is 33.1. The van der Waals surface area contributed by atoms with Crippen LogP contribution in [-0.4, -0.2) is 70.2 Å². The number of rotatable bonds is 11. The number of amides is 1. The number of likely N-dealkylation sites (N-methyl/N-ethyl adjacent to an activating group) is 1. The largest absolute Gasteiger partial charge is 0.461 e. The quantitative estimate of drug-likeness (QED) is 0.245. The standard InChI is InChI=1S/C32H49N3O5S2/c1-8-30(6)15-24(31(7)20(4)11-13-32(21(5)28(30)39)14-12-23(36)27(31)32)40-26(38)19-41-17-22-18-42-29(33-22)34-25(37)16-35(9-2)10-3/h8,18,20-21,24,27-28,39H,1,9-17,19H2,2-7H3,(H,33,34,37)/t20-,21+,24-,27-,28+,30-,31+,32+/m1/s1. The Kier molecular flexibility index (Phi) is 10.3. The number of thiazole rings is 1. The van der Waals surface area contributed by atoms with Crippen LogP contribution in [0.4, 0.5) is 5.13 Å². The molecule has 0 aromatic carbocycles. The van der Waals surface area contributed by atoms with Gasteiger partial charge in [0.05, 0.1) is 24.1 Å². The van der Waals surface area contributed by atoms with Gasteiger partial charge in [-0.15, -0.1) is 29.7 Å². The molecule has 1 aromatic heterocycles. The maximum Gasteiger partial charge on any atom is 0.316 e. The van der Waals surface area contributed by atoms with Crippen LogP contribution in [0.25, 0.3) is 0 Å². The SMILES string of the molecule is C=C[C@]1(C)C[C@@H](OC(=O)CSCc2csc(NC(=O)CN(CC)CC)n2)[C@]2(C)[C@H](C)CC[C@]3(CCC(=O)[C@@H]32)[C@@H](C)[C@@H]1O. The molecule has 3 aliphatic rings. The fraction of sp³-hybridized carbons (Fsp3) is 0.750. The van der Waals surface area contributed by atoms with Crippen LogP contribution in [0.1, 0.15) is 79.3 Å². The van der Waals surface area contributed by atoms with Gasteiger partial charge in [-0.25, -0.2) is 4.98 Å². The first-order chi connectivity index (χ1) is 19.8. The Hall–Kier alpha value is -1.75. The lowest BCUT2D eigenvalue weighted by Gasteiger charge is -2.61. The topological polar surface area (TPSA) is 109 Å². The van der Waals surface area contributed by atoms with E-state index in [1.54, 1.807) is 0 Å². The third-order valence-electron chi connectivity index (χ3n) is 11.1. The summed E-state index contributed by atoms with van der Waals surface area (Å²) in [6.07, 6.45) is 4.23. The van der Waals surface area contributed by atoms with E-state index in [-0.39, 0.29) is 46.6 Å². The summed E-state index contributed by atoms with van der Waals surface area (Å²) in [4.78, 5) is 45.8. The van der Waals surface area contributed by atoms with Crippen LogP contribution in [0.15, 0.2) is 18.0 Å². The number of thioether (sulfide) groups is 1. The van der Waals surface area contributed by atoms with Crippen LogP contribution in [0.3, 0.4) is 0 Å². The molecule has 1 aromatic rings. The zero-order valence-electron chi connectivity index (χ0n) is 26.1. The number of carbonyl (C=O) groups excluding carboxylic acids is 3. The van der Waals surface area contributed by atoms with Gasteiger partial charge in [-0.2, -0.15) is 0 Å². The van der Waals surface area contributed by atoms with Gasteiger partial charge in [0.25, 0.3) is 0 Å². The zero-order valence-corrected chi connectivity index (χ0v) is 27.7. The molecule has 1 amide bonds. The van der Waals surface area contributed by atoms with E-state index in [0.717, 1.165) is 38.0 Å². The van der Waals surface area contributed by atoms with Crippen molar-refractivity contribution in [3.05, 3.63) is 23.7 Å². The Morgan fingerprint density at radius 1 is 1.29 bits per heavy atom. The molecule has 0 spiro atoms. The summed E-state index contributed by atoms with van der Waals surface area (Å²) in [5, 5.41) is 17.0. The summed E-state index contributed by atoms with van der Waals surface area (Å²) in [5.41, 5.74) is -0.651. The summed E-state index contributed by atoms with van der Waals surface area (Å²) in [6, 6.07) is 0. The third-order valence-corrected chi connectivity index (χ3v) is 12.9. The highest BCUT2D eigenvalue weighted by Gasteiger charge is 2.68. The predicted octanol–water partition coefficient (Wildman–Crippen LogP) is 5.56. The van der Waals surface area contributed by atoms with Crippen LogP contribution in [0, 0.1) is 34.0 Å². The van der Waals surface area contributed by atoms with Crippen molar-refractivity contribution in [3.8, 4) is 0 Å². The van der Waals surface area contributed by atoms with Crippen molar-refractivity contribution in [2.45, 2.75) is 91.6 Å². The highest BCUT2D eigenvalue weighted by molar-refractivity contribution is 7.99. The number of esters is 1. The fourth-order valence-electron chi connectivity index (χ4n) is 8.17. The van der Waals surface area contributed by atoms with E-state index >= 15 is 0 Å². The Balaban J connectivity index is 1.44. The first-order valence-corrected chi connectivity index (χ1v) is 17.5. The molecular formula is C32H49N3O5S2. The normalized spacial score (nSPS) is 36.2. The Morgan fingerprint density at radius 2 is 2.00 bits per heavy atom. The van der Waals surface area contributed by atoms with Gasteiger partial charge < -0.3 is 15.2 Å². The summed E-state index contributed by atoms with van der Waals surface area (Å²) in [7, 11) is 0. The maximum atomic E-state index is 13.5. The minimum absolute atomic E-state index is 0.0546. The number of nitrogens with one attached hydrogen (secondary N) is 1. The number of hydrogen-bond acceptors (Lipinski definition) is 9. The summed E-state index contributed by atoms with van der Waals surface area (Å²) < 4.78 is 6.32. The van der Waals surface area contributed by atoms with Crippen molar-refractivity contribution in [2.75, 3.05) is 30.7 Å². The van der Waals surface area contributed by atoms with Crippen molar-refractivity contribution >= 4 is 45.9 Å².